The number of hydrogen-bond donors (Lipinski definition) is 5. The molecule has 3 aromatic rings. The van der Waals surface area contributed by atoms with Crippen molar-refractivity contribution in [1.82, 2.24) is 15.6 Å². The average molecular weight is 492 g/mol. The molecule has 1 aromatic heterocycles. The fraction of sp³-hybridized carbons (Fsp3) is 0.308. The van der Waals surface area contributed by atoms with Crippen LogP contribution in [0, 0.1) is 5.92 Å². The number of carboxylic acids is 1. The van der Waals surface area contributed by atoms with Crippen molar-refractivity contribution in [3.05, 3.63) is 60.3 Å². The second-order valence-corrected chi connectivity index (χ2v) is 8.93. The Bertz CT molecular complexity index is 1300. The SMILES string of the molecule is CC[C@@H](C)[C@H](NC(=O)N1CC(=O)Nc2ccccc21)C(=O)N[C@H](Cc1c[nH]c2ccccc12)C(=O)O. The smallest absolute Gasteiger partial charge is 0.326 e. The lowest BCUT2D eigenvalue weighted by Gasteiger charge is -2.32. The number of rotatable bonds is 8. The Morgan fingerprint density at radius 1 is 1.08 bits per heavy atom. The van der Waals surface area contributed by atoms with Crippen LogP contribution in [0.15, 0.2) is 54.7 Å². The summed E-state index contributed by atoms with van der Waals surface area (Å²) < 4.78 is 0. The maximum absolute atomic E-state index is 13.3. The number of aromatic nitrogens is 1. The number of carboxylic acid groups (broad SMARTS) is 1. The van der Waals surface area contributed by atoms with Crippen molar-refractivity contribution in [2.24, 2.45) is 5.92 Å². The third-order valence-corrected chi connectivity index (χ3v) is 6.50. The number of H-pyrrole nitrogens is 1. The highest BCUT2D eigenvalue weighted by Crippen LogP contribution is 2.29. The van der Waals surface area contributed by atoms with E-state index in [1.165, 1.54) is 4.90 Å². The van der Waals surface area contributed by atoms with E-state index in [2.05, 4.69) is 20.9 Å². The van der Waals surface area contributed by atoms with Crippen molar-refractivity contribution in [2.45, 2.75) is 38.8 Å². The quantitative estimate of drug-likeness (QED) is 0.329. The molecule has 0 bridgehead atoms. The first-order chi connectivity index (χ1) is 17.3. The average Bonchev–Trinajstić information content (AvgIpc) is 3.28. The number of fused-ring (bicyclic) bond motifs is 2. The second-order valence-electron chi connectivity index (χ2n) is 8.93. The summed E-state index contributed by atoms with van der Waals surface area (Å²) in [6.45, 7) is 3.48. The molecule has 1 aliphatic heterocycles. The molecule has 36 heavy (non-hydrogen) atoms. The highest BCUT2D eigenvalue weighted by Gasteiger charge is 2.33. The van der Waals surface area contributed by atoms with Gasteiger partial charge < -0.3 is 26.0 Å². The minimum atomic E-state index is -1.19. The molecule has 188 valence electrons. The van der Waals surface area contributed by atoms with Gasteiger partial charge in [0, 0.05) is 23.5 Å². The van der Waals surface area contributed by atoms with E-state index in [1.54, 1.807) is 37.4 Å². The molecule has 0 saturated heterocycles. The number of nitrogens with zero attached hydrogens (tertiary/aromatic N) is 1. The summed E-state index contributed by atoms with van der Waals surface area (Å²) in [5, 5.41) is 18.8. The number of urea groups is 1. The normalized spacial score (nSPS) is 15.4. The number of carbonyl (C=O) groups excluding carboxylic acids is 3. The van der Waals surface area contributed by atoms with Crippen molar-refractivity contribution < 1.29 is 24.3 Å². The Hall–Kier alpha value is -4.34. The summed E-state index contributed by atoms with van der Waals surface area (Å²) >= 11 is 0. The zero-order valence-electron chi connectivity index (χ0n) is 20.1. The van der Waals surface area contributed by atoms with E-state index >= 15 is 0 Å². The van der Waals surface area contributed by atoms with E-state index in [4.69, 9.17) is 0 Å². The predicted molar refractivity (Wildman–Crippen MR) is 136 cm³/mol. The fourth-order valence-corrected chi connectivity index (χ4v) is 4.31. The molecule has 2 aromatic carbocycles. The van der Waals surface area contributed by atoms with Gasteiger partial charge in [-0.3, -0.25) is 14.5 Å². The number of para-hydroxylation sites is 3. The number of amides is 4. The minimum Gasteiger partial charge on any atom is -0.480 e. The van der Waals surface area contributed by atoms with Crippen LogP contribution in [0.2, 0.25) is 0 Å². The van der Waals surface area contributed by atoms with Gasteiger partial charge >= 0.3 is 12.0 Å². The van der Waals surface area contributed by atoms with Gasteiger partial charge in [-0.05, 0) is 29.7 Å². The molecule has 0 unspecified atom stereocenters. The van der Waals surface area contributed by atoms with E-state index in [-0.39, 0.29) is 24.8 Å². The van der Waals surface area contributed by atoms with Crippen molar-refractivity contribution in [3.63, 3.8) is 0 Å². The van der Waals surface area contributed by atoms with Crippen LogP contribution < -0.4 is 20.9 Å². The maximum atomic E-state index is 13.3. The largest absolute Gasteiger partial charge is 0.480 e. The Morgan fingerprint density at radius 3 is 2.56 bits per heavy atom. The van der Waals surface area contributed by atoms with Gasteiger partial charge in [-0.2, -0.15) is 0 Å². The Labute approximate surface area is 208 Å². The monoisotopic (exact) mass is 491 g/mol. The summed E-state index contributed by atoms with van der Waals surface area (Å²) in [6.07, 6.45) is 2.38. The van der Waals surface area contributed by atoms with Crippen LogP contribution in [0.3, 0.4) is 0 Å². The standard InChI is InChI=1S/C26H29N5O5/c1-3-15(2)23(30-26(36)31-14-22(32)28-19-10-6-7-11-21(19)31)24(33)29-20(25(34)35)12-16-13-27-18-9-5-4-8-17(16)18/h4-11,13,15,20,23,27H,3,12,14H2,1-2H3,(H,28,32)(H,29,33)(H,30,36)(H,34,35)/t15-,20-,23+/m1/s1. The van der Waals surface area contributed by atoms with Crippen LogP contribution in [0.4, 0.5) is 16.2 Å². The molecule has 10 heteroatoms. The molecule has 0 radical (unpaired) electrons. The number of hydrogen-bond acceptors (Lipinski definition) is 4. The lowest BCUT2D eigenvalue weighted by atomic mass is 9.97. The Balaban J connectivity index is 1.51. The Morgan fingerprint density at radius 2 is 1.81 bits per heavy atom. The van der Waals surface area contributed by atoms with Crippen molar-refractivity contribution in [1.29, 1.82) is 0 Å². The summed E-state index contributed by atoms with van der Waals surface area (Å²) in [5.41, 5.74) is 2.65. The number of benzene rings is 2. The highest BCUT2D eigenvalue weighted by atomic mass is 16.4. The number of anilines is 2. The van der Waals surface area contributed by atoms with Crippen molar-refractivity contribution in [3.8, 4) is 0 Å². The van der Waals surface area contributed by atoms with E-state index in [0.717, 1.165) is 16.5 Å². The number of aromatic amines is 1. The summed E-state index contributed by atoms with van der Waals surface area (Å²) in [6, 6.07) is 11.6. The summed E-state index contributed by atoms with van der Waals surface area (Å²) in [4.78, 5) is 55.0. The van der Waals surface area contributed by atoms with E-state index in [1.807, 2.05) is 31.2 Å². The molecule has 0 saturated carbocycles. The first-order valence-electron chi connectivity index (χ1n) is 11.8. The first kappa shape index (κ1) is 24.8. The number of aliphatic carboxylic acids is 1. The van der Waals surface area contributed by atoms with Gasteiger partial charge in [0.15, 0.2) is 0 Å². The molecule has 10 nitrogen and oxygen atoms in total. The zero-order chi connectivity index (χ0) is 25.8. The molecule has 4 rings (SSSR count). The molecule has 0 aliphatic carbocycles. The molecule has 0 spiro atoms. The highest BCUT2D eigenvalue weighted by molar-refractivity contribution is 6.10. The van der Waals surface area contributed by atoms with Gasteiger partial charge in [-0.15, -0.1) is 0 Å². The summed E-state index contributed by atoms with van der Waals surface area (Å²) in [5.74, 6) is -2.41. The molecular formula is C26H29N5O5. The summed E-state index contributed by atoms with van der Waals surface area (Å²) in [7, 11) is 0. The van der Waals surface area contributed by atoms with E-state index in [9.17, 15) is 24.3 Å². The molecule has 4 amide bonds. The molecule has 5 N–H and O–H groups in total. The van der Waals surface area contributed by atoms with Crippen molar-refractivity contribution >= 4 is 46.1 Å². The van der Waals surface area contributed by atoms with Gasteiger partial charge in [0.05, 0.1) is 11.4 Å². The second kappa shape index (κ2) is 10.5. The molecular weight excluding hydrogens is 462 g/mol. The van der Waals surface area contributed by atoms with Gasteiger partial charge in [-0.25, -0.2) is 9.59 Å². The van der Waals surface area contributed by atoms with Gasteiger partial charge in [0.1, 0.15) is 18.6 Å². The van der Waals surface area contributed by atoms with Crippen LogP contribution in [-0.2, 0) is 20.8 Å². The van der Waals surface area contributed by atoms with E-state index < -0.39 is 30.0 Å². The van der Waals surface area contributed by atoms with Crippen molar-refractivity contribution in [2.75, 3.05) is 16.8 Å². The van der Waals surface area contributed by atoms with Crippen LogP contribution in [-0.4, -0.2) is 52.5 Å². The maximum Gasteiger partial charge on any atom is 0.326 e. The van der Waals surface area contributed by atoms with Crippen LogP contribution in [0.1, 0.15) is 25.8 Å². The minimum absolute atomic E-state index is 0.0753. The number of carbonyl (C=O) groups is 4. The molecule has 1 aliphatic rings. The van der Waals surface area contributed by atoms with Gasteiger partial charge in [0.25, 0.3) is 0 Å². The molecule has 3 atom stereocenters. The third kappa shape index (κ3) is 5.17. The fourth-order valence-electron chi connectivity index (χ4n) is 4.31. The molecule has 2 heterocycles. The molecule has 0 fully saturated rings. The zero-order valence-corrected chi connectivity index (χ0v) is 20.1. The lowest BCUT2D eigenvalue weighted by molar-refractivity contribution is -0.142. The van der Waals surface area contributed by atoms with Crippen LogP contribution >= 0.6 is 0 Å². The predicted octanol–water partition coefficient (Wildman–Crippen LogP) is 2.86. The van der Waals surface area contributed by atoms with Crippen LogP contribution in [0.5, 0.6) is 0 Å². The van der Waals surface area contributed by atoms with Crippen LogP contribution in [0.25, 0.3) is 10.9 Å². The topological polar surface area (TPSA) is 144 Å². The third-order valence-electron chi connectivity index (χ3n) is 6.50. The Kier molecular flexibility index (Phi) is 7.23. The van der Waals surface area contributed by atoms with Gasteiger partial charge in [0.2, 0.25) is 11.8 Å². The lowest BCUT2D eigenvalue weighted by Crippen LogP contribution is -2.58. The first-order valence-corrected chi connectivity index (χ1v) is 11.8. The number of nitrogens with one attached hydrogen (secondary N) is 4. The van der Waals surface area contributed by atoms with Gasteiger partial charge in [-0.1, -0.05) is 50.6 Å². The van der Waals surface area contributed by atoms with E-state index in [0.29, 0.717) is 17.8 Å².